The second-order valence-corrected chi connectivity index (χ2v) is 8.46. The van der Waals surface area contributed by atoms with Crippen LogP contribution in [0.15, 0.2) is 87.7 Å². The van der Waals surface area contributed by atoms with Crippen LogP contribution in [0.1, 0.15) is 11.1 Å². The van der Waals surface area contributed by atoms with Crippen molar-refractivity contribution in [2.45, 2.75) is 6.92 Å². The normalized spacial score (nSPS) is 12.4. The van der Waals surface area contributed by atoms with E-state index in [1.807, 2.05) is 41.4 Å². The first kappa shape index (κ1) is 17.8. The summed E-state index contributed by atoms with van der Waals surface area (Å²) in [4.78, 5) is 10.2. The molecule has 3 heterocycles. The number of thiophene rings is 1. The third-order valence-electron chi connectivity index (χ3n) is 4.62. The van der Waals surface area contributed by atoms with Gasteiger partial charge in [0, 0.05) is 28.0 Å². The largest absolute Gasteiger partial charge is 0.361 e. The molecule has 5 aromatic rings. The molecule has 0 aliphatic carbocycles. The van der Waals surface area contributed by atoms with Crippen LogP contribution in [-0.4, -0.2) is 15.9 Å². The summed E-state index contributed by atoms with van der Waals surface area (Å²) in [5.74, 6) is 0. The van der Waals surface area contributed by atoms with Gasteiger partial charge in [0.2, 0.25) is 4.80 Å². The molecule has 3 aromatic heterocycles. The number of para-hydroxylation sites is 1. The van der Waals surface area contributed by atoms with Crippen molar-refractivity contribution in [1.82, 2.24) is 9.66 Å². The van der Waals surface area contributed by atoms with E-state index in [2.05, 4.69) is 59.1 Å². The number of benzene rings is 2. The average molecular weight is 415 g/mol. The molecule has 0 fully saturated rings. The van der Waals surface area contributed by atoms with Crippen LogP contribution in [0.25, 0.3) is 21.5 Å². The lowest BCUT2D eigenvalue weighted by Crippen LogP contribution is -2.11. The molecule has 0 radical (unpaired) electrons. The molecule has 2 aromatic carbocycles. The molecule has 142 valence electrons. The standard InChI is InChI=1S/C23H18N4S2/c1-16-6-4-7-18(12-16)26-23-27(21(15-29-23)22-10-5-11-28-22)25-14-17-13-24-20-9-3-2-8-19(17)20/h2-15,24H,1H3. The highest BCUT2D eigenvalue weighted by Crippen LogP contribution is 2.26. The van der Waals surface area contributed by atoms with Gasteiger partial charge in [-0.3, -0.25) is 0 Å². The molecule has 0 aliphatic rings. The number of nitrogens with zero attached hydrogens (tertiary/aromatic N) is 3. The number of fused-ring (bicyclic) bond motifs is 1. The van der Waals surface area contributed by atoms with Gasteiger partial charge in [-0.1, -0.05) is 36.4 Å². The topological polar surface area (TPSA) is 45.4 Å². The number of nitrogens with one attached hydrogen (secondary N) is 1. The highest BCUT2D eigenvalue weighted by atomic mass is 32.1. The Balaban J connectivity index is 1.64. The zero-order valence-corrected chi connectivity index (χ0v) is 17.4. The second-order valence-electron chi connectivity index (χ2n) is 6.68. The summed E-state index contributed by atoms with van der Waals surface area (Å²) in [5.41, 5.74) is 5.33. The highest BCUT2D eigenvalue weighted by Gasteiger charge is 2.09. The SMILES string of the molecule is Cc1cccc(N=c2scc(-c3cccs3)n2N=Cc2c[nH]c3ccccc23)c1. The van der Waals surface area contributed by atoms with E-state index < -0.39 is 0 Å². The van der Waals surface area contributed by atoms with Crippen molar-refractivity contribution in [3.63, 3.8) is 0 Å². The monoisotopic (exact) mass is 414 g/mol. The summed E-state index contributed by atoms with van der Waals surface area (Å²) in [5, 5.41) is 10.2. The van der Waals surface area contributed by atoms with Crippen molar-refractivity contribution in [3.8, 4) is 10.6 Å². The van der Waals surface area contributed by atoms with E-state index >= 15 is 0 Å². The third-order valence-corrected chi connectivity index (χ3v) is 6.33. The Labute approximate surface area is 176 Å². The predicted octanol–water partition coefficient (Wildman–Crippen LogP) is 6.18. The smallest absolute Gasteiger partial charge is 0.211 e. The summed E-state index contributed by atoms with van der Waals surface area (Å²) < 4.78 is 1.93. The van der Waals surface area contributed by atoms with Crippen LogP contribution in [0.2, 0.25) is 0 Å². The first-order valence-electron chi connectivity index (χ1n) is 9.24. The molecule has 29 heavy (non-hydrogen) atoms. The third kappa shape index (κ3) is 3.60. The fraction of sp³-hybridized carbons (Fsp3) is 0.0435. The molecule has 0 bridgehead atoms. The molecule has 0 saturated carbocycles. The zero-order chi connectivity index (χ0) is 19.6. The number of aryl methyl sites for hydroxylation is 1. The van der Waals surface area contributed by atoms with E-state index in [0.717, 1.165) is 32.6 Å². The number of H-pyrrole nitrogens is 1. The molecule has 0 unspecified atom stereocenters. The van der Waals surface area contributed by atoms with Crippen LogP contribution >= 0.6 is 22.7 Å². The van der Waals surface area contributed by atoms with Gasteiger partial charge in [-0.15, -0.1) is 22.7 Å². The number of aromatic nitrogens is 2. The van der Waals surface area contributed by atoms with E-state index in [9.17, 15) is 0 Å². The van der Waals surface area contributed by atoms with Crippen LogP contribution < -0.4 is 4.80 Å². The maximum Gasteiger partial charge on any atom is 0.211 e. The summed E-state index contributed by atoms with van der Waals surface area (Å²) in [6, 6.07) is 20.6. The van der Waals surface area contributed by atoms with Crippen LogP contribution in [0.5, 0.6) is 0 Å². The van der Waals surface area contributed by atoms with Gasteiger partial charge in [0.25, 0.3) is 0 Å². The van der Waals surface area contributed by atoms with Gasteiger partial charge >= 0.3 is 0 Å². The number of rotatable bonds is 4. The van der Waals surface area contributed by atoms with E-state index in [-0.39, 0.29) is 0 Å². The molecule has 0 amide bonds. The van der Waals surface area contributed by atoms with Gasteiger partial charge in [0.1, 0.15) is 0 Å². The minimum Gasteiger partial charge on any atom is -0.361 e. The Morgan fingerprint density at radius 1 is 1.00 bits per heavy atom. The highest BCUT2D eigenvalue weighted by molar-refractivity contribution is 7.14. The summed E-state index contributed by atoms with van der Waals surface area (Å²) in [7, 11) is 0. The van der Waals surface area contributed by atoms with Gasteiger partial charge in [0.05, 0.1) is 22.5 Å². The lowest BCUT2D eigenvalue weighted by Gasteiger charge is -2.01. The maximum absolute atomic E-state index is 4.86. The van der Waals surface area contributed by atoms with Gasteiger partial charge < -0.3 is 4.98 Å². The van der Waals surface area contributed by atoms with E-state index in [0.29, 0.717) is 0 Å². The van der Waals surface area contributed by atoms with Crippen LogP contribution in [0, 0.1) is 6.92 Å². The molecular formula is C23H18N4S2. The number of hydrogen-bond acceptors (Lipinski definition) is 4. The van der Waals surface area contributed by atoms with E-state index in [4.69, 9.17) is 10.1 Å². The molecule has 6 heteroatoms. The van der Waals surface area contributed by atoms with Gasteiger partial charge in [-0.05, 0) is 42.1 Å². The van der Waals surface area contributed by atoms with Crippen LogP contribution in [0.4, 0.5) is 5.69 Å². The summed E-state index contributed by atoms with van der Waals surface area (Å²) in [6.07, 6.45) is 3.89. The number of aromatic amines is 1. The van der Waals surface area contributed by atoms with Crippen molar-refractivity contribution in [2.24, 2.45) is 10.1 Å². The van der Waals surface area contributed by atoms with Crippen LogP contribution in [0.3, 0.4) is 0 Å². The Hall–Kier alpha value is -3.22. The van der Waals surface area contributed by atoms with Crippen molar-refractivity contribution in [1.29, 1.82) is 0 Å². The Bertz CT molecular complexity index is 1370. The molecule has 5 rings (SSSR count). The fourth-order valence-electron chi connectivity index (χ4n) is 3.21. The Morgan fingerprint density at radius 2 is 1.93 bits per heavy atom. The van der Waals surface area contributed by atoms with Crippen molar-refractivity contribution in [3.05, 3.63) is 93.5 Å². The lowest BCUT2D eigenvalue weighted by atomic mass is 10.2. The van der Waals surface area contributed by atoms with Crippen molar-refractivity contribution >= 4 is 45.5 Å². The van der Waals surface area contributed by atoms with Crippen LogP contribution in [-0.2, 0) is 0 Å². The fourth-order valence-corrected chi connectivity index (χ4v) is 4.86. The Morgan fingerprint density at radius 3 is 2.79 bits per heavy atom. The first-order valence-corrected chi connectivity index (χ1v) is 11.0. The lowest BCUT2D eigenvalue weighted by molar-refractivity contribution is 0.856. The summed E-state index contributed by atoms with van der Waals surface area (Å²) in [6.45, 7) is 2.08. The minimum atomic E-state index is 0.843. The Kier molecular flexibility index (Phi) is 4.71. The van der Waals surface area contributed by atoms with E-state index in [1.54, 1.807) is 22.7 Å². The van der Waals surface area contributed by atoms with E-state index in [1.165, 1.54) is 10.4 Å². The van der Waals surface area contributed by atoms with Gasteiger partial charge in [-0.25, -0.2) is 9.67 Å². The molecule has 0 atom stereocenters. The maximum atomic E-state index is 4.86. The molecular weight excluding hydrogens is 396 g/mol. The molecule has 4 nitrogen and oxygen atoms in total. The predicted molar refractivity (Wildman–Crippen MR) is 123 cm³/mol. The minimum absolute atomic E-state index is 0.843. The second kappa shape index (κ2) is 7.66. The first-order chi connectivity index (χ1) is 14.3. The van der Waals surface area contributed by atoms with Crippen molar-refractivity contribution < 1.29 is 0 Å². The average Bonchev–Trinajstić information content (AvgIpc) is 3.46. The molecule has 0 spiro atoms. The molecule has 1 N–H and O–H groups in total. The zero-order valence-electron chi connectivity index (χ0n) is 15.7. The quantitative estimate of drug-likeness (QED) is 0.341. The molecule has 0 saturated heterocycles. The molecule has 0 aliphatic heterocycles. The van der Waals surface area contributed by atoms with Gasteiger partial charge in [0.15, 0.2) is 0 Å². The van der Waals surface area contributed by atoms with Crippen molar-refractivity contribution in [2.75, 3.05) is 0 Å². The van der Waals surface area contributed by atoms with Gasteiger partial charge in [-0.2, -0.15) is 5.10 Å². The summed E-state index contributed by atoms with van der Waals surface area (Å²) >= 11 is 3.30. The number of hydrogen-bond donors (Lipinski definition) is 1. The number of thiazole rings is 1.